The molecule has 0 saturated heterocycles. The lowest BCUT2D eigenvalue weighted by atomic mass is 9.83. The number of rotatable bonds is 6. The zero-order valence-corrected chi connectivity index (χ0v) is 21.8. The lowest BCUT2D eigenvalue weighted by Crippen LogP contribution is -2.51. The standard InChI is InChI=1S/C25H37N5O3S/c1-16-10-7-8-11-17(16)19(15-31)26-23(33)30-14-18-20(24(30,2)3)28-29-21(18)27-22(32)25(12-9-13-25)34(4,5)6/h7-8,10-11,19,31H,9,12-15H2,1-6H3,(H,26,33)(H2,27,28,29,32)/t19-/m1/s1. The van der Waals surface area contributed by atoms with E-state index in [1.165, 1.54) is 0 Å². The summed E-state index contributed by atoms with van der Waals surface area (Å²) in [6, 6.07) is 6.93. The van der Waals surface area contributed by atoms with E-state index >= 15 is 0 Å². The highest BCUT2D eigenvalue weighted by Crippen LogP contribution is 2.60. The molecule has 1 aliphatic carbocycles. The number of carbonyl (C=O) groups is 2. The van der Waals surface area contributed by atoms with E-state index in [2.05, 4.69) is 39.6 Å². The van der Waals surface area contributed by atoms with Gasteiger partial charge in [-0.25, -0.2) is 14.8 Å². The number of H-pyrrole nitrogens is 1. The van der Waals surface area contributed by atoms with E-state index in [4.69, 9.17) is 0 Å². The van der Waals surface area contributed by atoms with E-state index in [0.717, 1.165) is 41.6 Å². The Morgan fingerprint density at radius 3 is 2.47 bits per heavy atom. The van der Waals surface area contributed by atoms with Gasteiger partial charge in [-0.1, -0.05) is 24.3 Å². The quantitative estimate of drug-likeness (QED) is 0.497. The Balaban J connectivity index is 1.53. The predicted octanol–water partition coefficient (Wildman–Crippen LogP) is 3.77. The summed E-state index contributed by atoms with van der Waals surface area (Å²) in [5.41, 5.74) is 2.90. The minimum atomic E-state index is -1.09. The van der Waals surface area contributed by atoms with Crippen LogP contribution in [0.3, 0.4) is 0 Å². The molecule has 2 aromatic rings. The maximum absolute atomic E-state index is 13.3. The summed E-state index contributed by atoms with van der Waals surface area (Å²) in [6.07, 6.45) is 9.48. The first kappa shape index (κ1) is 24.6. The van der Waals surface area contributed by atoms with Gasteiger partial charge in [0.2, 0.25) is 5.91 Å². The molecule has 4 N–H and O–H groups in total. The van der Waals surface area contributed by atoms with Crippen LogP contribution in [0.2, 0.25) is 0 Å². The minimum absolute atomic E-state index is 0.0381. The van der Waals surface area contributed by atoms with Gasteiger partial charge in [0.05, 0.1) is 35.2 Å². The van der Waals surface area contributed by atoms with Crippen molar-refractivity contribution in [1.82, 2.24) is 20.4 Å². The van der Waals surface area contributed by atoms with E-state index in [1.807, 2.05) is 45.0 Å². The number of aromatic amines is 1. The van der Waals surface area contributed by atoms with Gasteiger partial charge < -0.3 is 20.6 Å². The number of aliphatic hydroxyl groups is 1. The fourth-order valence-electron chi connectivity index (χ4n) is 5.21. The number of amides is 3. The van der Waals surface area contributed by atoms with E-state index < -0.39 is 21.6 Å². The van der Waals surface area contributed by atoms with Gasteiger partial charge >= 0.3 is 6.03 Å². The van der Waals surface area contributed by atoms with Gasteiger partial charge in [0.1, 0.15) is 0 Å². The highest BCUT2D eigenvalue weighted by atomic mass is 32.3. The first-order valence-corrected chi connectivity index (χ1v) is 14.6. The van der Waals surface area contributed by atoms with Crippen LogP contribution >= 0.6 is 10.0 Å². The summed E-state index contributed by atoms with van der Waals surface area (Å²) in [4.78, 5) is 28.4. The Morgan fingerprint density at radius 1 is 1.24 bits per heavy atom. The summed E-state index contributed by atoms with van der Waals surface area (Å²) in [5.74, 6) is 0.548. The van der Waals surface area contributed by atoms with Crippen molar-refractivity contribution >= 4 is 27.8 Å². The fraction of sp³-hybridized carbons (Fsp3) is 0.560. The molecule has 0 spiro atoms. The van der Waals surface area contributed by atoms with Crippen LogP contribution in [0.1, 0.15) is 61.5 Å². The van der Waals surface area contributed by atoms with E-state index in [-0.39, 0.29) is 23.3 Å². The van der Waals surface area contributed by atoms with Crippen molar-refractivity contribution in [3.05, 3.63) is 46.6 Å². The van der Waals surface area contributed by atoms with Crippen molar-refractivity contribution in [2.24, 2.45) is 0 Å². The van der Waals surface area contributed by atoms with E-state index in [0.29, 0.717) is 12.4 Å². The average Bonchev–Trinajstić information content (AvgIpc) is 3.23. The van der Waals surface area contributed by atoms with E-state index in [1.54, 1.807) is 4.90 Å². The third-order valence-electron chi connectivity index (χ3n) is 7.74. The number of aliphatic hydroxyl groups excluding tert-OH is 1. The monoisotopic (exact) mass is 487 g/mol. The molecule has 1 aromatic carbocycles. The molecule has 2 aliphatic rings. The molecule has 2 heterocycles. The Morgan fingerprint density at radius 2 is 1.91 bits per heavy atom. The Labute approximate surface area is 203 Å². The molecule has 186 valence electrons. The first-order valence-electron chi connectivity index (χ1n) is 11.7. The fourth-order valence-corrected chi connectivity index (χ4v) is 7.33. The molecule has 0 radical (unpaired) electrons. The number of hydrogen-bond acceptors (Lipinski definition) is 4. The molecule has 3 amide bonds. The number of aromatic nitrogens is 2. The second-order valence-electron chi connectivity index (χ2n) is 10.8. The lowest BCUT2D eigenvalue weighted by molar-refractivity contribution is -0.120. The largest absolute Gasteiger partial charge is 0.394 e. The van der Waals surface area contributed by atoms with Crippen molar-refractivity contribution in [3.63, 3.8) is 0 Å². The molecule has 1 aliphatic heterocycles. The van der Waals surface area contributed by atoms with Crippen LogP contribution in [0, 0.1) is 6.92 Å². The molecule has 8 nitrogen and oxygen atoms in total. The van der Waals surface area contributed by atoms with Crippen molar-refractivity contribution in [2.45, 2.75) is 62.9 Å². The van der Waals surface area contributed by atoms with Crippen LogP contribution in [0.4, 0.5) is 10.6 Å². The summed E-state index contributed by atoms with van der Waals surface area (Å²) in [5, 5.41) is 23.5. The highest BCUT2D eigenvalue weighted by molar-refractivity contribution is 8.33. The molecular weight excluding hydrogens is 450 g/mol. The van der Waals surface area contributed by atoms with E-state index in [9.17, 15) is 14.7 Å². The number of benzene rings is 1. The van der Waals surface area contributed by atoms with Gasteiger partial charge in [-0.05, 0) is 69.9 Å². The number of fused-ring (bicyclic) bond motifs is 1. The van der Waals surface area contributed by atoms with Gasteiger partial charge in [-0.3, -0.25) is 9.89 Å². The van der Waals surface area contributed by atoms with Gasteiger partial charge in [0.25, 0.3) is 0 Å². The van der Waals surface area contributed by atoms with Crippen LogP contribution in [-0.2, 0) is 16.9 Å². The van der Waals surface area contributed by atoms with Gasteiger partial charge in [-0.2, -0.15) is 5.10 Å². The molecule has 0 unspecified atom stereocenters. The van der Waals surface area contributed by atoms with Crippen LogP contribution in [0.5, 0.6) is 0 Å². The van der Waals surface area contributed by atoms with Crippen molar-refractivity contribution < 1.29 is 14.7 Å². The number of nitrogens with zero attached hydrogens (tertiary/aromatic N) is 2. The number of carbonyl (C=O) groups excluding carboxylic acids is 2. The first-order chi connectivity index (χ1) is 15.9. The summed E-state index contributed by atoms with van der Waals surface area (Å²) >= 11 is 0. The molecule has 1 fully saturated rings. The Kier molecular flexibility index (Phi) is 6.23. The summed E-state index contributed by atoms with van der Waals surface area (Å²) < 4.78 is -0.314. The number of hydrogen-bond donors (Lipinski definition) is 4. The lowest BCUT2D eigenvalue weighted by Gasteiger charge is -2.53. The maximum Gasteiger partial charge on any atom is 0.319 e. The summed E-state index contributed by atoms with van der Waals surface area (Å²) in [7, 11) is -1.09. The van der Waals surface area contributed by atoms with Crippen LogP contribution in [0.25, 0.3) is 0 Å². The third kappa shape index (κ3) is 3.88. The van der Waals surface area contributed by atoms with Crippen LogP contribution in [0.15, 0.2) is 24.3 Å². The van der Waals surface area contributed by atoms with Crippen molar-refractivity contribution in [2.75, 3.05) is 30.7 Å². The molecule has 4 rings (SSSR count). The zero-order valence-electron chi connectivity index (χ0n) is 21.0. The molecule has 1 aromatic heterocycles. The van der Waals surface area contributed by atoms with Gasteiger partial charge in [0.15, 0.2) is 5.82 Å². The second kappa shape index (κ2) is 8.61. The smallest absolute Gasteiger partial charge is 0.319 e. The molecular formula is C25H37N5O3S. The molecule has 9 heteroatoms. The number of nitrogens with one attached hydrogen (secondary N) is 3. The van der Waals surface area contributed by atoms with Crippen molar-refractivity contribution in [1.29, 1.82) is 0 Å². The van der Waals surface area contributed by atoms with Crippen LogP contribution < -0.4 is 10.6 Å². The second-order valence-corrected chi connectivity index (χ2v) is 15.2. The molecule has 0 bridgehead atoms. The normalized spacial score (nSPS) is 19.7. The highest BCUT2D eigenvalue weighted by Gasteiger charge is 2.51. The number of urea groups is 1. The van der Waals surface area contributed by atoms with Gasteiger partial charge in [0, 0.05) is 5.56 Å². The zero-order chi connectivity index (χ0) is 24.9. The maximum atomic E-state index is 13.3. The van der Waals surface area contributed by atoms with Crippen molar-refractivity contribution in [3.8, 4) is 0 Å². The molecule has 1 saturated carbocycles. The van der Waals surface area contributed by atoms with Gasteiger partial charge in [-0.15, -0.1) is 0 Å². The molecule has 1 atom stereocenters. The van der Waals surface area contributed by atoms with Crippen LogP contribution in [-0.4, -0.2) is 62.3 Å². The average molecular weight is 488 g/mol. The Hall–Kier alpha value is -2.52. The predicted molar refractivity (Wildman–Crippen MR) is 137 cm³/mol. The minimum Gasteiger partial charge on any atom is -0.394 e. The third-order valence-corrected chi connectivity index (χ3v) is 10.7. The number of aryl methyl sites for hydroxylation is 1. The molecule has 34 heavy (non-hydrogen) atoms. The Bertz CT molecular complexity index is 1100. The SMILES string of the molecule is Cc1ccccc1[C@@H](CO)NC(=O)N1Cc2c(NC(=O)C3(S(C)(C)C)CCC3)n[nH]c2C1(C)C. The summed E-state index contributed by atoms with van der Waals surface area (Å²) in [6.45, 7) is 5.99. The topological polar surface area (TPSA) is 110 Å². The number of anilines is 1.